The van der Waals surface area contributed by atoms with E-state index in [1.165, 1.54) is 12.1 Å². The van der Waals surface area contributed by atoms with Crippen molar-refractivity contribution in [2.24, 2.45) is 0 Å². The summed E-state index contributed by atoms with van der Waals surface area (Å²) < 4.78 is 18.0. The van der Waals surface area contributed by atoms with Crippen molar-refractivity contribution < 1.29 is 13.9 Å². The van der Waals surface area contributed by atoms with Gasteiger partial charge in [-0.25, -0.2) is 9.18 Å². The number of ether oxygens (including phenoxy) is 1. The summed E-state index contributed by atoms with van der Waals surface area (Å²) in [7, 11) is 0. The highest BCUT2D eigenvalue weighted by atomic mass is 35.5. The van der Waals surface area contributed by atoms with Gasteiger partial charge in [-0.15, -0.1) is 0 Å². The Hall–Kier alpha value is -1.29. The lowest BCUT2D eigenvalue weighted by Gasteiger charge is -2.09. The summed E-state index contributed by atoms with van der Waals surface area (Å²) in [6, 6.07) is 3.97. The molecule has 0 aromatic heterocycles. The Morgan fingerprint density at radius 2 is 2.20 bits per heavy atom. The summed E-state index contributed by atoms with van der Waals surface area (Å²) >= 11 is 5.55. The van der Waals surface area contributed by atoms with Crippen molar-refractivity contribution in [2.75, 3.05) is 5.32 Å². The van der Waals surface area contributed by atoms with Crippen molar-refractivity contribution in [3.63, 3.8) is 0 Å². The first-order valence-electron chi connectivity index (χ1n) is 4.41. The molecule has 1 rings (SSSR count). The zero-order chi connectivity index (χ0) is 11.4. The molecule has 0 saturated carbocycles. The van der Waals surface area contributed by atoms with Gasteiger partial charge in [0.15, 0.2) is 0 Å². The molecule has 3 nitrogen and oxygen atoms in total. The number of benzene rings is 1. The Morgan fingerprint density at radius 3 is 2.73 bits per heavy atom. The van der Waals surface area contributed by atoms with Gasteiger partial charge in [-0.1, -0.05) is 11.6 Å². The predicted octanol–water partition coefficient (Wildman–Crippen LogP) is 3.44. The first kappa shape index (κ1) is 11.8. The van der Waals surface area contributed by atoms with Crippen LogP contribution in [0.15, 0.2) is 18.2 Å². The highest BCUT2D eigenvalue weighted by Crippen LogP contribution is 2.18. The zero-order valence-corrected chi connectivity index (χ0v) is 9.14. The molecule has 0 spiro atoms. The van der Waals surface area contributed by atoms with Gasteiger partial charge in [0.2, 0.25) is 0 Å². The summed E-state index contributed by atoms with van der Waals surface area (Å²) in [6.07, 6.45) is -0.938. The van der Waals surface area contributed by atoms with Gasteiger partial charge < -0.3 is 4.74 Å². The average Bonchev–Trinajstić information content (AvgIpc) is 2.08. The molecule has 0 saturated heterocycles. The van der Waals surface area contributed by atoms with E-state index in [-0.39, 0.29) is 16.8 Å². The molecule has 0 aliphatic carbocycles. The molecule has 82 valence electrons. The molecule has 1 aromatic rings. The third-order valence-corrected chi connectivity index (χ3v) is 1.75. The molecule has 0 aliphatic rings. The fourth-order valence-electron chi connectivity index (χ4n) is 0.944. The van der Waals surface area contributed by atoms with E-state index in [4.69, 9.17) is 16.3 Å². The van der Waals surface area contributed by atoms with Crippen LogP contribution in [0.2, 0.25) is 5.02 Å². The minimum absolute atomic E-state index is 0.0463. The number of carbonyl (C=O) groups is 1. The summed E-state index contributed by atoms with van der Waals surface area (Å²) in [5, 5.41) is 2.55. The van der Waals surface area contributed by atoms with Crippen LogP contribution in [0.4, 0.5) is 14.9 Å². The number of rotatable bonds is 2. The fourth-order valence-corrected chi connectivity index (χ4v) is 1.10. The number of nitrogens with one attached hydrogen (secondary N) is 1. The van der Waals surface area contributed by atoms with E-state index in [0.29, 0.717) is 0 Å². The van der Waals surface area contributed by atoms with E-state index in [1.807, 2.05) is 0 Å². The fraction of sp³-hybridized carbons (Fsp3) is 0.300. The van der Waals surface area contributed by atoms with Crippen molar-refractivity contribution in [1.82, 2.24) is 0 Å². The van der Waals surface area contributed by atoms with Gasteiger partial charge in [0.05, 0.1) is 11.8 Å². The van der Waals surface area contributed by atoms with Crippen LogP contribution in [-0.2, 0) is 4.74 Å². The second-order valence-corrected chi connectivity index (χ2v) is 3.64. The maximum Gasteiger partial charge on any atom is 0.411 e. The molecule has 0 fully saturated rings. The standard InChI is InChI=1S/C10H11ClFNO2/c1-6(2)15-10(14)13-9-4-3-7(11)5-8(9)12/h3-6H,1-2H3,(H,13,14). The maximum absolute atomic E-state index is 13.2. The van der Waals surface area contributed by atoms with Gasteiger partial charge in [-0.3, -0.25) is 5.32 Å². The summed E-state index contributed by atoms with van der Waals surface area (Å²) in [5.74, 6) is -0.594. The molecule has 0 heterocycles. The third-order valence-electron chi connectivity index (χ3n) is 1.51. The lowest BCUT2D eigenvalue weighted by atomic mass is 10.3. The lowest BCUT2D eigenvalue weighted by molar-refractivity contribution is 0.130. The van der Waals surface area contributed by atoms with Crippen LogP contribution in [-0.4, -0.2) is 12.2 Å². The minimum Gasteiger partial charge on any atom is -0.447 e. The van der Waals surface area contributed by atoms with Crippen molar-refractivity contribution in [3.05, 3.63) is 29.0 Å². The van der Waals surface area contributed by atoms with Crippen molar-refractivity contribution in [2.45, 2.75) is 20.0 Å². The van der Waals surface area contributed by atoms with Crippen molar-refractivity contribution >= 4 is 23.4 Å². The topological polar surface area (TPSA) is 38.3 Å². The lowest BCUT2D eigenvalue weighted by Crippen LogP contribution is -2.18. The molecular formula is C10H11ClFNO2. The monoisotopic (exact) mass is 231 g/mol. The van der Waals surface area contributed by atoms with Crippen LogP contribution in [0.1, 0.15) is 13.8 Å². The zero-order valence-electron chi connectivity index (χ0n) is 8.38. The van der Waals surface area contributed by atoms with E-state index >= 15 is 0 Å². The van der Waals surface area contributed by atoms with E-state index in [9.17, 15) is 9.18 Å². The molecule has 1 N–H and O–H groups in total. The number of carbonyl (C=O) groups excluding carboxylic acids is 1. The van der Waals surface area contributed by atoms with E-state index < -0.39 is 11.9 Å². The first-order valence-corrected chi connectivity index (χ1v) is 4.79. The Morgan fingerprint density at radius 1 is 1.53 bits per heavy atom. The van der Waals surface area contributed by atoms with Gasteiger partial charge in [0.1, 0.15) is 5.82 Å². The van der Waals surface area contributed by atoms with Gasteiger partial charge >= 0.3 is 6.09 Å². The number of amides is 1. The highest BCUT2D eigenvalue weighted by Gasteiger charge is 2.09. The quantitative estimate of drug-likeness (QED) is 0.847. The molecule has 5 heteroatoms. The number of hydrogen-bond acceptors (Lipinski definition) is 2. The molecule has 1 aromatic carbocycles. The van der Waals surface area contributed by atoms with Crippen LogP contribution < -0.4 is 5.32 Å². The number of anilines is 1. The highest BCUT2D eigenvalue weighted by molar-refractivity contribution is 6.30. The second-order valence-electron chi connectivity index (χ2n) is 3.20. The van der Waals surface area contributed by atoms with E-state index in [2.05, 4.69) is 5.32 Å². The average molecular weight is 232 g/mol. The molecule has 15 heavy (non-hydrogen) atoms. The normalized spacial score (nSPS) is 10.2. The Kier molecular flexibility index (Phi) is 3.91. The first-order chi connectivity index (χ1) is 6.99. The third kappa shape index (κ3) is 3.75. The SMILES string of the molecule is CC(C)OC(=O)Nc1ccc(Cl)cc1F. The number of hydrogen-bond donors (Lipinski definition) is 1. The predicted molar refractivity (Wildman–Crippen MR) is 56.6 cm³/mol. The molecule has 0 unspecified atom stereocenters. The molecule has 0 bridgehead atoms. The van der Waals surface area contributed by atoms with Crippen LogP contribution in [0, 0.1) is 5.82 Å². The minimum atomic E-state index is -0.689. The van der Waals surface area contributed by atoms with Crippen molar-refractivity contribution in [1.29, 1.82) is 0 Å². The molecule has 0 aliphatic heterocycles. The van der Waals surface area contributed by atoms with Gasteiger partial charge in [-0.2, -0.15) is 0 Å². The summed E-state index contributed by atoms with van der Waals surface area (Å²) in [4.78, 5) is 11.1. The van der Waals surface area contributed by atoms with Crippen LogP contribution in [0.5, 0.6) is 0 Å². The van der Waals surface area contributed by atoms with Crippen molar-refractivity contribution in [3.8, 4) is 0 Å². The number of halogens is 2. The Bertz CT molecular complexity index is 368. The van der Waals surface area contributed by atoms with Gasteiger partial charge in [-0.05, 0) is 32.0 Å². The molecule has 0 atom stereocenters. The van der Waals surface area contributed by atoms with Crippen LogP contribution >= 0.6 is 11.6 Å². The molecule has 0 radical (unpaired) electrons. The van der Waals surface area contributed by atoms with Gasteiger partial charge in [0.25, 0.3) is 0 Å². The van der Waals surface area contributed by atoms with Crippen LogP contribution in [0.25, 0.3) is 0 Å². The van der Waals surface area contributed by atoms with Gasteiger partial charge in [0, 0.05) is 5.02 Å². The molecule has 1 amide bonds. The summed E-state index contributed by atoms with van der Waals surface area (Å²) in [5.41, 5.74) is 0.0463. The largest absolute Gasteiger partial charge is 0.447 e. The molecular weight excluding hydrogens is 221 g/mol. The van der Waals surface area contributed by atoms with E-state index in [1.54, 1.807) is 13.8 Å². The maximum atomic E-state index is 13.2. The Labute approximate surface area is 92.2 Å². The summed E-state index contributed by atoms with van der Waals surface area (Å²) in [6.45, 7) is 3.41. The van der Waals surface area contributed by atoms with E-state index in [0.717, 1.165) is 6.07 Å². The van der Waals surface area contributed by atoms with Crippen LogP contribution in [0.3, 0.4) is 0 Å². The second kappa shape index (κ2) is 4.98. The Balaban J connectivity index is 2.68. The smallest absolute Gasteiger partial charge is 0.411 e.